The Morgan fingerprint density at radius 3 is 2.07 bits per heavy atom. The molecule has 0 amide bonds. The lowest BCUT2D eigenvalue weighted by Gasteiger charge is -2.19. The summed E-state index contributed by atoms with van der Waals surface area (Å²) in [6.07, 6.45) is 6.18. The Morgan fingerprint density at radius 2 is 1.67 bits per heavy atom. The van der Waals surface area contributed by atoms with Crippen LogP contribution in [0.25, 0.3) is 0 Å². The highest BCUT2D eigenvalue weighted by Gasteiger charge is 2.19. The van der Waals surface area contributed by atoms with E-state index in [1.807, 2.05) is 13.8 Å². The van der Waals surface area contributed by atoms with Crippen molar-refractivity contribution in [1.29, 1.82) is 0 Å². The molecule has 90 valence electrons. The Labute approximate surface area is 94.4 Å². The fourth-order valence-corrected chi connectivity index (χ4v) is 1.66. The summed E-state index contributed by atoms with van der Waals surface area (Å²) in [5, 5.41) is 0. The molecule has 0 rings (SSSR count). The summed E-state index contributed by atoms with van der Waals surface area (Å²) in [7, 11) is 0. The molecule has 0 saturated carbocycles. The zero-order valence-corrected chi connectivity index (χ0v) is 10.7. The van der Waals surface area contributed by atoms with Crippen molar-refractivity contribution in [2.24, 2.45) is 5.92 Å². The number of rotatable bonds is 8. The van der Waals surface area contributed by atoms with Crippen molar-refractivity contribution in [1.82, 2.24) is 0 Å². The number of hydrogen-bond acceptors (Lipinski definition) is 2. The van der Waals surface area contributed by atoms with E-state index in [0.717, 1.165) is 32.1 Å². The number of carbonyl (C=O) groups is 1. The van der Waals surface area contributed by atoms with E-state index in [4.69, 9.17) is 4.74 Å². The summed E-state index contributed by atoms with van der Waals surface area (Å²) in [6.45, 7) is 8.33. The minimum Gasteiger partial charge on any atom is -0.462 e. The molecule has 2 heteroatoms. The van der Waals surface area contributed by atoms with Crippen LogP contribution in [0.1, 0.15) is 66.2 Å². The van der Waals surface area contributed by atoms with Crippen molar-refractivity contribution in [3.8, 4) is 0 Å². The molecule has 0 radical (unpaired) electrons. The first-order chi connectivity index (χ1) is 7.19. The van der Waals surface area contributed by atoms with Crippen molar-refractivity contribution >= 4 is 5.97 Å². The van der Waals surface area contributed by atoms with Crippen LogP contribution in [0, 0.1) is 5.92 Å². The summed E-state index contributed by atoms with van der Waals surface area (Å²) >= 11 is 0. The van der Waals surface area contributed by atoms with Gasteiger partial charge in [0, 0.05) is 0 Å². The zero-order valence-electron chi connectivity index (χ0n) is 10.7. The maximum absolute atomic E-state index is 11.7. The number of hydrogen-bond donors (Lipinski definition) is 0. The standard InChI is InChI=1S/C13H26O2/c1-5-9-10-12(8-4)15-13(14)11(6-2)7-3/h11-12H,5-10H2,1-4H3/t12-/m1/s1. The lowest BCUT2D eigenvalue weighted by Crippen LogP contribution is -2.23. The maximum Gasteiger partial charge on any atom is 0.309 e. The summed E-state index contributed by atoms with van der Waals surface area (Å²) in [5.41, 5.74) is 0. The Balaban J connectivity index is 3.98. The lowest BCUT2D eigenvalue weighted by atomic mass is 10.0. The van der Waals surface area contributed by atoms with E-state index in [9.17, 15) is 4.79 Å². The first kappa shape index (κ1) is 14.5. The highest BCUT2D eigenvalue weighted by molar-refractivity contribution is 5.72. The quantitative estimate of drug-likeness (QED) is 0.572. The summed E-state index contributed by atoms with van der Waals surface area (Å²) in [5.74, 6) is 0.101. The highest BCUT2D eigenvalue weighted by atomic mass is 16.5. The Bertz CT molecular complexity index is 162. The molecule has 15 heavy (non-hydrogen) atoms. The average Bonchev–Trinajstić information content (AvgIpc) is 2.25. The summed E-state index contributed by atoms with van der Waals surface area (Å²) in [4.78, 5) is 11.7. The van der Waals surface area contributed by atoms with Gasteiger partial charge < -0.3 is 4.74 Å². The molecule has 0 aromatic carbocycles. The first-order valence-corrected chi connectivity index (χ1v) is 6.39. The fourth-order valence-electron chi connectivity index (χ4n) is 1.66. The Kier molecular flexibility index (Phi) is 8.44. The SMILES string of the molecule is CCCC[C@@H](CC)OC(=O)C(CC)CC. The van der Waals surface area contributed by atoms with Gasteiger partial charge in [0.25, 0.3) is 0 Å². The number of unbranched alkanes of at least 4 members (excludes halogenated alkanes) is 1. The highest BCUT2D eigenvalue weighted by Crippen LogP contribution is 2.15. The fraction of sp³-hybridized carbons (Fsp3) is 0.923. The molecule has 0 saturated heterocycles. The van der Waals surface area contributed by atoms with E-state index in [1.54, 1.807) is 0 Å². The van der Waals surface area contributed by atoms with Crippen molar-refractivity contribution < 1.29 is 9.53 Å². The number of esters is 1. The van der Waals surface area contributed by atoms with Crippen molar-refractivity contribution in [3.63, 3.8) is 0 Å². The Morgan fingerprint density at radius 1 is 1.07 bits per heavy atom. The van der Waals surface area contributed by atoms with E-state index >= 15 is 0 Å². The smallest absolute Gasteiger partial charge is 0.309 e. The third-order valence-electron chi connectivity index (χ3n) is 2.94. The van der Waals surface area contributed by atoms with Crippen LogP contribution in [0.3, 0.4) is 0 Å². The third kappa shape index (κ3) is 5.81. The van der Waals surface area contributed by atoms with Gasteiger partial charge in [-0.25, -0.2) is 0 Å². The molecule has 0 aromatic heterocycles. The first-order valence-electron chi connectivity index (χ1n) is 6.39. The monoisotopic (exact) mass is 214 g/mol. The largest absolute Gasteiger partial charge is 0.462 e. The van der Waals surface area contributed by atoms with Gasteiger partial charge in [0.05, 0.1) is 5.92 Å². The lowest BCUT2D eigenvalue weighted by molar-refractivity contribution is -0.154. The van der Waals surface area contributed by atoms with Gasteiger partial charge in [-0.15, -0.1) is 0 Å². The topological polar surface area (TPSA) is 26.3 Å². The second kappa shape index (κ2) is 8.75. The van der Waals surface area contributed by atoms with Gasteiger partial charge >= 0.3 is 5.97 Å². The van der Waals surface area contributed by atoms with E-state index in [-0.39, 0.29) is 18.0 Å². The molecule has 2 nitrogen and oxygen atoms in total. The van der Waals surface area contributed by atoms with Crippen LogP contribution in [0.4, 0.5) is 0 Å². The predicted octanol–water partition coefficient (Wildman–Crippen LogP) is 3.93. The van der Waals surface area contributed by atoms with Crippen molar-refractivity contribution in [2.45, 2.75) is 72.3 Å². The molecule has 0 aliphatic rings. The average molecular weight is 214 g/mol. The van der Waals surface area contributed by atoms with Gasteiger partial charge in [-0.1, -0.05) is 40.5 Å². The van der Waals surface area contributed by atoms with E-state index in [1.165, 1.54) is 6.42 Å². The Hall–Kier alpha value is -0.530. The predicted molar refractivity (Wildman–Crippen MR) is 63.8 cm³/mol. The summed E-state index contributed by atoms with van der Waals surface area (Å²) < 4.78 is 5.51. The maximum atomic E-state index is 11.7. The van der Waals surface area contributed by atoms with Crippen LogP contribution >= 0.6 is 0 Å². The van der Waals surface area contributed by atoms with E-state index in [0.29, 0.717) is 0 Å². The normalized spacial score (nSPS) is 12.9. The molecule has 0 aliphatic heterocycles. The summed E-state index contributed by atoms with van der Waals surface area (Å²) in [6, 6.07) is 0. The molecule has 0 fully saturated rings. The zero-order chi connectivity index (χ0) is 11.7. The molecule has 0 bridgehead atoms. The van der Waals surface area contributed by atoms with Crippen molar-refractivity contribution in [2.75, 3.05) is 0 Å². The number of carbonyl (C=O) groups excluding carboxylic acids is 1. The molecule has 0 aromatic rings. The van der Waals surface area contributed by atoms with Crippen LogP contribution in [-0.2, 0) is 9.53 Å². The molecule has 0 aliphatic carbocycles. The van der Waals surface area contributed by atoms with Gasteiger partial charge in [-0.3, -0.25) is 4.79 Å². The second-order valence-corrected chi connectivity index (χ2v) is 4.12. The van der Waals surface area contributed by atoms with Gasteiger partial charge in [0.15, 0.2) is 0 Å². The van der Waals surface area contributed by atoms with Crippen LogP contribution in [-0.4, -0.2) is 12.1 Å². The van der Waals surface area contributed by atoms with E-state index < -0.39 is 0 Å². The van der Waals surface area contributed by atoms with Gasteiger partial charge in [0.1, 0.15) is 6.10 Å². The minimum atomic E-state index is 0.00273. The molecule has 0 heterocycles. The van der Waals surface area contributed by atoms with Gasteiger partial charge in [0.2, 0.25) is 0 Å². The van der Waals surface area contributed by atoms with Crippen LogP contribution in [0.2, 0.25) is 0 Å². The molecule has 0 spiro atoms. The molecule has 1 atom stereocenters. The van der Waals surface area contributed by atoms with E-state index in [2.05, 4.69) is 13.8 Å². The van der Waals surface area contributed by atoms with Crippen LogP contribution < -0.4 is 0 Å². The van der Waals surface area contributed by atoms with Crippen LogP contribution in [0.15, 0.2) is 0 Å². The molecular formula is C13H26O2. The van der Waals surface area contributed by atoms with Crippen LogP contribution in [0.5, 0.6) is 0 Å². The minimum absolute atomic E-state index is 0.00273. The van der Waals surface area contributed by atoms with Gasteiger partial charge in [-0.2, -0.15) is 0 Å². The van der Waals surface area contributed by atoms with Gasteiger partial charge in [-0.05, 0) is 25.7 Å². The number of ether oxygens (including phenoxy) is 1. The molecule has 0 unspecified atom stereocenters. The van der Waals surface area contributed by atoms with Crippen molar-refractivity contribution in [3.05, 3.63) is 0 Å². The molecule has 0 N–H and O–H groups in total. The second-order valence-electron chi connectivity index (χ2n) is 4.12. The third-order valence-corrected chi connectivity index (χ3v) is 2.94. The molecular weight excluding hydrogens is 188 g/mol.